The van der Waals surface area contributed by atoms with Crippen LogP contribution < -0.4 is 0 Å². The highest BCUT2D eigenvalue weighted by atomic mass is 35.5. The summed E-state index contributed by atoms with van der Waals surface area (Å²) < 4.78 is 0. The molecule has 3 aromatic rings. The smallest absolute Gasteiger partial charge is 0.263 e. The third kappa shape index (κ3) is 2.18. The summed E-state index contributed by atoms with van der Waals surface area (Å²) in [6.07, 6.45) is 3.78. The number of benzene rings is 1. The summed E-state index contributed by atoms with van der Waals surface area (Å²) >= 11 is 6.06. The van der Waals surface area contributed by atoms with Crippen molar-refractivity contribution in [1.29, 1.82) is 0 Å². The molecule has 24 heavy (non-hydrogen) atoms. The summed E-state index contributed by atoms with van der Waals surface area (Å²) in [6, 6.07) is 5.17. The van der Waals surface area contributed by atoms with Crippen molar-refractivity contribution in [3.05, 3.63) is 58.3 Å². The van der Waals surface area contributed by atoms with Gasteiger partial charge in [-0.15, -0.1) is 0 Å². The van der Waals surface area contributed by atoms with E-state index < -0.39 is 0 Å². The summed E-state index contributed by atoms with van der Waals surface area (Å²) in [5.74, 6) is -0.603. The van der Waals surface area contributed by atoms with Crippen molar-refractivity contribution in [1.82, 2.24) is 19.9 Å². The molecule has 0 bridgehead atoms. The molecule has 1 aromatic carbocycles. The molecule has 0 fully saturated rings. The van der Waals surface area contributed by atoms with Crippen molar-refractivity contribution in [2.24, 2.45) is 0 Å². The molecule has 2 aromatic heterocycles. The number of amides is 2. The van der Waals surface area contributed by atoms with Crippen LogP contribution in [0.25, 0.3) is 10.9 Å². The number of imide groups is 1. The molecule has 1 aliphatic rings. The Morgan fingerprint density at radius 1 is 1.21 bits per heavy atom. The number of carbonyl (C=O) groups excluding carboxylic acids is 2. The lowest BCUT2D eigenvalue weighted by atomic mass is 10.0. The molecule has 0 atom stereocenters. The monoisotopic (exact) mass is 340 g/mol. The van der Waals surface area contributed by atoms with E-state index in [1.54, 1.807) is 37.6 Å². The first kappa shape index (κ1) is 14.8. The minimum atomic E-state index is -0.304. The molecule has 0 saturated carbocycles. The zero-order chi connectivity index (χ0) is 16.8. The molecule has 0 aliphatic carbocycles. The highest BCUT2D eigenvalue weighted by Crippen LogP contribution is 2.32. The van der Waals surface area contributed by atoms with E-state index in [1.165, 1.54) is 4.90 Å². The quantitative estimate of drug-likeness (QED) is 0.743. The molecule has 0 spiro atoms. The zero-order valence-corrected chi connectivity index (χ0v) is 13.6. The van der Waals surface area contributed by atoms with Crippen molar-refractivity contribution in [2.45, 2.75) is 13.3 Å². The molecule has 2 amide bonds. The molecule has 3 heterocycles. The maximum Gasteiger partial charge on any atom is 0.263 e. The van der Waals surface area contributed by atoms with Crippen molar-refractivity contribution in [2.75, 3.05) is 6.54 Å². The van der Waals surface area contributed by atoms with Gasteiger partial charge in [0.05, 0.1) is 28.7 Å². The van der Waals surface area contributed by atoms with E-state index in [2.05, 4.69) is 15.0 Å². The van der Waals surface area contributed by atoms with Gasteiger partial charge in [0, 0.05) is 35.3 Å². The maximum absolute atomic E-state index is 12.9. The van der Waals surface area contributed by atoms with Crippen LogP contribution in [0.2, 0.25) is 5.02 Å². The molecule has 0 unspecified atom stereocenters. The standard InChI is InChI=1S/C17H13ClN4O2/c1-9-14-15(12-6-10(18)2-3-13(12)21-9)17(24)22(16(14)23)5-4-11-7-19-8-20-11/h2-3,6-8H,4-5H2,1H3,(H,19,20). The minimum Gasteiger partial charge on any atom is -0.348 e. The van der Waals surface area contributed by atoms with Crippen LogP contribution in [0.15, 0.2) is 30.7 Å². The number of pyridine rings is 1. The Bertz CT molecular complexity index is 982. The molecule has 7 heteroatoms. The van der Waals surface area contributed by atoms with Gasteiger partial charge in [-0.2, -0.15) is 0 Å². The molecule has 4 rings (SSSR count). The van der Waals surface area contributed by atoms with E-state index in [9.17, 15) is 9.59 Å². The topological polar surface area (TPSA) is 79.0 Å². The van der Waals surface area contributed by atoms with Crippen molar-refractivity contribution in [3.8, 4) is 0 Å². The molecular formula is C17H13ClN4O2. The van der Waals surface area contributed by atoms with Gasteiger partial charge >= 0.3 is 0 Å². The predicted octanol–water partition coefficient (Wildman–Crippen LogP) is 2.76. The first-order valence-electron chi connectivity index (χ1n) is 7.49. The van der Waals surface area contributed by atoms with Gasteiger partial charge in [-0.1, -0.05) is 11.6 Å². The van der Waals surface area contributed by atoms with Crippen LogP contribution >= 0.6 is 11.6 Å². The number of fused-ring (bicyclic) bond motifs is 3. The van der Waals surface area contributed by atoms with Crippen molar-refractivity contribution >= 4 is 34.3 Å². The highest BCUT2D eigenvalue weighted by molar-refractivity contribution is 6.32. The van der Waals surface area contributed by atoms with Crippen LogP contribution in [0.1, 0.15) is 32.1 Å². The van der Waals surface area contributed by atoms with Crippen molar-refractivity contribution < 1.29 is 9.59 Å². The Kier molecular flexibility index (Phi) is 3.35. The fourth-order valence-corrected chi connectivity index (χ4v) is 3.23. The van der Waals surface area contributed by atoms with Crippen LogP contribution in [-0.4, -0.2) is 38.2 Å². The molecule has 120 valence electrons. The number of H-pyrrole nitrogens is 1. The van der Waals surface area contributed by atoms with Crippen molar-refractivity contribution in [3.63, 3.8) is 0 Å². The van der Waals surface area contributed by atoms with Gasteiger partial charge in [0.25, 0.3) is 11.8 Å². The molecule has 6 nitrogen and oxygen atoms in total. The maximum atomic E-state index is 12.9. The Morgan fingerprint density at radius 2 is 2.00 bits per heavy atom. The lowest BCUT2D eigenvalue weighted by Gasteiger charge is -2.12. The van der Waals surface area contributed by atoms with Gasteiger partial charge in [-0.05, 0) is 25.1 Å². The first-order valence-corrected chi connectivity index (χ1v) is 7.87. The van der Waals surface area contributed by atoms with Crippen LogP contribution in [0, 0.1) is 6.92 Å². The Balaban J connectivity index is 1.78. The predicted molar refractivity (Wildman–Crippen MR) is 89.1 cm³/mol. The van der Waals surface area contributed by atoms with E-state index in [-0.39, 0.29) is 18.4 Å². The third-order valence-corrected chi connectivity index (χ3v) is 4.44. The number of carbonyl (C=O) groups is 2. The second-order valence-corrected chi connectivity index (χ2v) is 6.13. The van der Waals surface area contributed by atoms with Crippen LogP contribution in [0.5, 0.6) is 0 Å². The number of hydrogen-bond donors (Lipinski definition) is 1. The molecule has 0 saturated heterocycles. The second-order valence-electron chi connectivity index (χ2n) is 5.70. The number of hydrogen-bond acceptors (Lipinski definition) is 4. The third-order valence-electron chi connectivity index (χ3n) is 4.21. The number of nitrogens with one attached hydrogen (secondary N) is 1. The summed E-state index contributed by atoms with van der Waals surface area (Å²) in [4.78, 5) is 38.2. The molecule has 0 radical (unpaired) electrons. The van der Waals surface area contributed by atoms with Gasteiger partial charge < -0.3 is 4.98 Å². The van der Waals surface area contributed by atoms with E-state index in [0.717, 1.165) is 5.69 Å². The Morgan fingerprint density at radius 3 is 2.75 bits per heavy atom. The largest absolute Gasteiger partial charge is 0.348 e. The molecular weight excluding hydrogens is 328 g/mol. The number of aromatic amines is 1. The normalized spacial score (nSPS) is 13.8. The van der Waals surface area contributed by atoms with E-state index >= 15 is 0 Å². The Labute approximate surface area is 142 Å². The van der Waals surface area contributed by atoms with Crippen LogP contribution in [0.4, 0.5) is 0 Å². The van der Waals surface area contributed by atoms with Gasteiger partial charge in [0.2, 0.25) is 0 Å². The second kappa shape index (κ2) is 5.42. The van der Waals surface area contributed by atoms with E-state index in [4.69, 9.17) is 11.6 Å². The SMILES string of the molecule is Cc1nc2ccc(Cl)cc2c2c1C(=O)N(CCc1cnc[nH]1)C2=O. The average Bonchev–Trinajstić information content (AvgIpc) is 3.14. The van der Waals surface area contributed by atoms with Crippen LogP contribution in [-0.2, 0) is 6.42 Å². The van der Waals surface area contributed by atoms with Gasteiger partial charge in [-0.3, -0.25) is 19.5 Å². The van der Waals surface area contributed by atoms with Gasteiger partial charge in [0.15, 0.2) is 0 Å². The van der Waals surface area contributed by atoms with E-state index in [0.29, 0.717) is 39.2 Å². The van der Waals surface area contributed by atoms with Crippen LogP contribution in [0.3, 0.4) is 0 Å². The van der Waals surface area contributed by atoms with Gasteiger partial charge in [-0.25, -0.2) is 4.98 Å². The minimum absolute atomic E-state index is 0.288. The average molecular weight is 341 g/mol. The first-order chi connectivity index (χ1) is 11.6. The summed E-state index contributed by atoms with van der Waals surface area (Å²) in [5, 5.41) is 1.12. The number of aromatic nitrogens is 3. The lowest BCUT2D eigenvalue weighted by molar-refractivity contribution is 0.0656. The van der Waals surface area contributed by atoms with E-state index in [1.807, 2.05) is 0 Å². The highest BCUT2D eigenvalue weighted by Gasteiger charge is 2.38. The summed E-state index contributed by atoms with van der Waals surface area (Å²) in [6.45, 7) is 2.03. The summed E-state index contributed by atoms with van der Waals surface area (Å²) in [5.41, 5.74) is 2.86. The molecule has 1 aliphatic heterocycles. The molecule has 1 N–H and O–H groups in total. The number of nitrogens with zero attached hydrogens (tertiary/aromatic N) is 3. The Hall–Kier alpha value is -2.73. The number of aryl methyl sites for hydroxylation is 1. The fourth-order valence-electron chi connectivity index (χ4n) is 3.06. The number of rotatable bonds is 3. The summed E-state index contributed by atoms with van der Waals surface area (Å²) in [7, 11) is 0. The fraction of sp³-hybridized carbons (Fsp3) is 0.176. The van der Waals surface area contributed by atoms with Gasteiger partial charge in [0.1, 0.15) is 0 Å². The number of halogens is 1. The zero-order valence-electron chi connectivity index (χ0n) is 12.8. The lowest BCUT2D eigenvalue weighted by Crippen LogP contribution is -2.32. The number of imidazole rings is 1.